The first kappa shape index (κ1) is 22.9. The molecule has 0 spiro atoms. The van der Waals surface area contributed by atoms with Crippen LogP contribution >= 0.6 is 23.6 Å². The van der Waals surface area contributed by atoms with Crippen molar-refractivity contribution in [3.8, 4) is 11.6 Å². The number of H-pyrrole nitrogens is 2. The van der Waals surface area contributed by atoms with E-state index in [1.165, 1.54) is 14.2 Å². The highest BCUT2D eigenvalue weighted by Gasteiger charge is 2.25. The van der Waals surface area contributed by atoms with Crippen LogP contribution in [0.2, 0.25) is 0 Å². The lowest BCUT2D eigenvalue weighted by Gasteiger charge is -2.09. The number of nitrogens with one attached hydrogen (secondary N) is 3. The smallest absolute Gasteiger partial charge is 0.341 e. The molecule has 4 N–H and O–H groups in total. The van der Waals surface area contributed by atoms with Crippen molar-refractivity contribution in [2.24, 2.45) is 4.99 Å². The van der Waals surface area contributed by atoms with Gasteiger partial charge in [-0.15, -0.1) is 11.3 Å². The molecule has 0 saturated carbocycles. The van der Waals surface area contributed by atoms with Gasteiger partial charge in [0.25, 0.3) is 11.5 Å². The molecule has 10 nitrogen and oxygen atoms in total. The SMILES string of the molecule is COC(=O)c1c(N=Cc2c(O)[nH]c(=S)[nH]c2=O)sc(C(=O)Nc2ccccc2OC)c1C. The van der Waals surface area contributed by atoms with E-state index in [4.69, 9.17) is 21.7 Å². The first-order chi connectivity index (χ1) is 15.3. The average Bonchev–Trinajstić information content (AvgIpc) is 3.09. The minimum Gasteiger partial charge on any atom is -0.495 e. The molecule has 3 rings (SSSR count). The maximum Gasteiger partial charge on any atom is 0.341 e. The molecule has 0 saturated heterocycles. The van der Waals surface area contributed by atoms with E-state index in [9.17, 15) is 19.5 Å². The fourth-order valence-corrected chi connectivity index (χ4v) is 4.03. The summed E-state index contributed by atoms with van der Waals surface area (Å²) in [5.74, 6) is -1.19. The van der Waals surface area contributed by atoms with Crippen LogP contribution in [0.25, 0.3) is 0 Å². The molecule has 2 heterocycles. The zero-order valence-corrected chi connectivity index (χ0v) is 18.8. The highest BCUT2D eigenvalue weighted by molar-refractivity contribution is 7.71. The number of hydrogen-bond acceptors (Lipinski definition) is 9. The third kappa shape index (κ3) is 4.60. The lowest BCUT2D eigenvalue weighted by molar-refractivity contribution is 0.0601. The third-order valence-electron chi connectivity index (χ3n) is 4.35. The number of aromatic nitrogens is 2. The summed E-state index contributed by atoms with van der Waals surface area (Å²) in [7, 11) is 2.69. The molecule has 3 aromatic rings. The first-order valence-corrected chi connectivity index (χ1v) is 10.2. The van der Waals surface area contributed by atoms with Crippen molar-refractivity contribution in [3.63, 3.8) is 0 Å². The fraction of sp³-hybridized carbons (Fsp3) is 0.150. The number of hydrogen-bond donors (Lipinski definition) is 4. The Morgan fingerprint density at radius 3 is 2.62 bits per heavy atom. The van der Waals surface area contributed by atoms with Gasteiger partial charge in [0.2, 0.25) is 5.88 Å². The van der Waals surface area contributed by atoms with E-state index >= 15 is 0 Å². The molecule has 1 aromatic carbocycles. The Morgan fingerprint density at radius 2 is 1.97 bits per heavy atom. The lowest BCUT2D eigenvalue weighted by Crippen LogP contribution is -2.13. The zero-order valence-electron chi connectivity index (χ0n) is 17.1. The van der Waals surface area contributed by atoms with Gasteiger partial charge < -0.3 is 24.9 Å². The van der Waals surface area contributed by atoms with Crippen molar-refractivity contribution in [2.75, 3.05) is 19.5 Å². The van der Waals surface area contributed by atoms with Crippen LogP contribution in [0.1, 0.15) is 31.2 Å². The number of esters is 1. The summed E-state index contributed by atoms with van der Waals surface area (Å²) in [6, 6.07) is 6.88. The predicted molar refractivity (Wildman–Crippen MR) is 123 cm³/mol. The molecule has 0 aliphatic heterocycles. The Bertz CT molecular complexity index is 1340. The van der Waals surface area contributed by atoms with E-state index in [2.05, 4.69) is 20.3 Å². The van der Waals surface area contributed by atoms with E-state index in [0.717, 1.165) is 17.6 Å². The Balaban J connectivity index is 2.04. The molecular formula is C20H18N4O6S2. The van der Waals surface area contributed by atoms with Crippen LogP contribution < -0.4 is 15.6 Å². The third-order valence-corrected chi connectivity index (χ3v) is 5.75. The number of thiophene rings is 1. The Morgan fingerprint density at radius 1 is 1.25 bits per heavy atom. The molecule has 0 radical (unpaired) electrons. The van der Waals surface area contributed by atoms with Gasteiger partial charge >= 0.3 is 5.97 Å². The molecule has 2 aromatic heterocycles. The van der Waals surface area contributed by atoms with E-state index in [1.54, 1.807) is 31.2 Å². The largest absolute Gasteiger partial charge is 0.495 e. The van der Waals surface area contributed by atoms with E-state index in [0.29, 0.717) is 17.0 Å². The van der Waals surface area contributed by atoms with Gasteiger partial charge in [-0.1, -0.05) is 12.1 Å². The first-order valence-electron chi connectivity index (χ1n) is 9.02. The van der Waals surface area contributed by atoms with E-state index in [-0.39, 0.29) is 25.8 Å². The molecule has 0 aliphatic carbocycles. The second-order valence-corrected chi connectivity index (χ2v) is 7.72. The van der Waals surface area contributed by atoms with Crippen LogP contribution in [-0.4, -0.2) is 47.4 Å². The second-order valence-electron chi connectivity index (χ2n) is 6.31. The topological polar surface area (TPSA) is 146 Å². The summed E-state index contributed by atoms with van der Waals surface area (Å²) in [6.45, 7) is 1.59. The molecule has 1 amide bonds. The number of carbonyl (C=O) groups is 2. The molecule has 32 heavy (non-hydrogen) atoms. The number of aliphatic imine (C=N–C) groups is 1. The number of methoxy groups -OCH3 is 2. The Labute approximate surface area is 190 Å². The number of aromatic amines is 2. The molecule has 166 valence electrons. The number of aromatic hydroxyl groups is 1. The molecule has 0 bridgehead atoms. The number of para-hydroxylation sites is 2. The number of benzene rings is 1. The Kier molecular flexibility index (Phi) is 6.85. The summed E-state index contributed by atoms with van der Waals surface area (Å²) in [4.78, 5) is 46.4. The van der Waals surface area contributed by atoms with Gasteiger partial charge in [-0.25, -0.2) is 9.79 Å². The van der Waals surface area contributed by atoms with E-state index in [1.807, 2.05) is 0 Å². The number of rotatable bonds is 6. The van der Waals surface area contributed by atoms with Crippen LogP contribution in [0, 0.1) is 11.7 Å². The molecule has 0 unspecified atom stereocenters. The monoisotopic (exact) mass is 474 g/mol. The average molecular weight is 475 g/mol. The van der Waals surface area contributed by atoms with Gasteiger partial charge in [-0.3, -0.25) is 14.6 Å². The van der Waals surface area contributed by atoms with E-state index < -0.39 is 23.3 Å². The summed E-state index contributed by atoms with van der Waals surface area (Å²) in [5, 5.41) is 12.8. The predicted octanol–water partition coefficient (Wildman–Crippen LogP) is 3.31. The van der Waals surface area contributed by atoms with Crippen LogP contribution in [0.4, 0.5) is 10.7 Å². The Hall–Kier alpha value is -3.77. The normalized spacial score (nSPS) is 10.8. The second kappa shape index (κ2) is 9.58. The minimum atomic E-state index is -0.701. The van der Waals surface area contributed by atoms with Gasteiger partial charge in [-0.05, 0) is 36.8 Å². The summed E-state index contributed by atoms with van der Waals surface area (Å²) >= 11 is 5.72. The fourth-order valence-electron chi connectivity index (χ4n) is 2.80. The lowest BCUT2D eigenvalue weighted by atomic mass is 10.1. The number of nitrogens with zero attached hydrogens (tertiary/aromatic N) is 1. The standard InChI is InChI=1S/C20H18N4O6S2/c1-9-13(19(28)30-3)18(21-8-10-15(25)23-20(31)24-16(10)26)32-14(9)17(27)22-11-6-4-5-7-12(11)29-2/h4-8H,1-3H3,(H,22,27)(H3,23,24,25,26,31). The van der Waals surface area contributed by atoms with Crippen LogP contribution in [-0.2, 0) is 4.74 Å². The highest BCUT2D eigenvalue weighted by Crippen LogP contribution is 2.37. The van der Waals surface area contributed by atoms with Crippen molar-refractivity contribution in [1.29, 1.82) is 0 Å². The van der Waals surface area contributed by atoms with Crippen LogP contribution in [0.3, 0.4) is 0 Å². The van der Waals surface area contributed by atoms with Crippen LogP contribution in [0.15, 0.2) is 34.1 Å². The van der Waals surface area contributed by atoms with Crippen molar-refractivity contribution in [2.45, 2.75) is 6.92 Å². The quantitative estimate of drug-likeness (QED) is 0.244. The van der Waals surface area contributed by atoms with Gasteiger partial charge in [0.15, 0.2) is 4.77 Å². The molecule has 0 fully saturated rings. The van der Waals surface area contributed by atoms with Gasteiger partial charge in [0, 0.05) is 6.21 Å². The van der Waals surface area contributed by atoms with Crippen molar-refractivity contribution >= 4 is 52.3 Å². The van der Waals surface area contributed by atoms with Gasteiger partial charge in [0.05, 0.1) is 24.8 Å². The maximum absolute atomic E-state index is 12.9. The van der Waals surface area contributed by atoms with Crippen molar-refractivity contribution < 1.29 is 24.2 Å². The summed E-state index contributed by atoms with van der Waals surface area (Å²) in [6.07, 6.45) is 1.07. The number of anilines is 1. The van der Waals surface area contributed by atoms with Crippen LogP contribution in [0.5, 0.6) is 11.6 Å². The summed E-state index contributed by atoms with van der Waals surface area (Å²) in [5.41, 5.74) is 0.0108. The number of amides is 1. The molecular weight excluding hydrogens is 456 g/mol. The maximum atomic E-state index is 12.9. The van der Waals surface area contributed by atoms with Crippen molar-refractivity contribution in [3.05, 3.63) is 61.0 Å². The minimum absolute atomic E-state index is 0.0536. The highest BCUT2D eigenvalue weighted by atomic mass is 32.1. The molecule has 0 atom stereocenters. The number of ether oxygens (including phenoxy) is 2. The van der Waals surface area contributed by atoms with Gasteiger partial charge in [0.1, 0.15) is 21.9 Å². The molecule has 0 aliphatic rings. The molecule has 12 heteroatoms. The zero-order chi connectivity index (χ0) is 23.4. The summed E-state index contributed by atoms with van der Waals surface area (Å²) < 4.78 is 10.0. The number of carbonyl (C=O) groups excluding carboxylic acids is 2. The van der Waals surface area contributed by atoms with Crippen molar-refractivity contribution in [1.82, 2.24) is 9.97 Å². The van der Waals surface area contributed by atoms with Gasteiger partial charge in [-0.2, -0.15) is 0 Å².